The van der Waals surface area contributed by atoms with Crippen LogP contribution in [-0.4, -0.2) is 29.7 Å². The minimum atomic E-state index is -0.863. The van der Waals surface area contributed by atoms with Gasteiger partial charge in [-0.2, -0.15) is 0 Å². The lowest BCUT2D eigenvalue weighted by molar-refractivity contribution is -0.384. The van der Waals surface area contributed by atoms with Gasteiger partial charge in [0.25, 0.3) is 5.69 Å². The first kappa shape index (κ1) is 14.7. The second-order valence-electron chi connectivity index (χ2n) is 4.13. The van der Waals surface area contributed by atoms with Crippen LogP contribution in [0.5, 0.6) is 5.75 Å². The number of hydrogen-bond donors (Lipinski definition) is 2. The van der Waals surface area contributed by atoms with E-state index >= 15 is 0 Å². The molecule has 0 radical (unpaired) electrons. The predicted molar refractivity (Wildman–Crippen MR) is 69.6 cm³/mol. The van der Waals surface area contributed by atoms with Crippen molar-refractivity contribution in [1.82, 2.24) is 0 Å². The molecular formula is C12H16N2O5. The van der Waals surface area contributed by atoms with E-state index in [4.69, 9.17) is 9.84 Å². The van der Waals surface area contributed by atoms with E-state index in [-0.39, 0.29) is 5.69 Å². The minimum absolute atomic E-state index is 0.0758. The number of rotatable bonds is 7. The number of nitro groups is 1. The van der Waals surface area contributed by atoms with E-state index in [2.05, 4.69) is 5.32 Å². The van der Waals surface area contributed by atoms with Gasteiger partial charge in [0.15, 0.2) is 0 Å². The number of carbonyl (C=O) groups is 1. The molecule has 1 aromatic carbocycles. The summed E-state index contributed by atoms with van der Waals surface area (Å²) < 4.78 is 4.97. The van der Waals surface area contributed by atoms with Gasteiger partial charge in [0, 0.05) is 24.4 Å². The number of hydrogen-bond acceptors (Lipinski definition) is 5. The van der Waals surface area contributed by atoms with Crippen molar-refractivity contribution >= 4 is 17.3 Å². The topological polar surface area (TPSA) is 102 Å². The van der Waals surface area contributed by atoms with Crippen LogP contribution in [0.4, 0.5) is 11.4 Å². The van der Waals surface area contributed by atoms with Crippen LogP contribution in [0.2, 0.25) is 0 Å². The van der Waals surface area contributed by atoms with Gasteiger partial charge in [0.1, 0.15) is 5.75 Å². The van der Waals surface area contributed by atoms with Gasteiger partial charge >= 0.3 is 5.97 Å². The third-order valence-electron chi connectivity index (χ3n) is 2.67. The Morgan fingerprint density at radius 2 is 2.21 bits per heavy atom. The van der Waals surface area contributed by atoms with Crippen LogP contribution in [-0.2, 0) is 4.79 Å². The number of anilines is 1. The largest absolute Gasteiger partial charge is 0.496 e. The molecule has 1 rings (SSSR count). The lowest BCUT2D eigenvalue weighted by Crippen LogP contribution is -2.14. The van der Waals surface area contributed by atoms with Crippen LogP contribution >= 0.6 is 0 Å². The van der Waals surface area contributed by atoms with Crippen molar-refractivity contribution in [2.75, 3.05) is 19.0 Å². The summed E-state index contributed by atoms with van der Waals surface area (Å²) in [6.07, 6.45) is 0.431. The number of nitrogens with one attached hydrogen (secondary N) is 1. The molecule has 7 nitrogen and oxygen atoms in total. The Hall–Kier alpha value is -2.31. The third-order valence-corrected chi connectivity index (χ3v) is 2.67. The summed E-state index contributed by atoms with van der Waals surface area (Å²) >= 11 is 0. The number of nitro benzene ring substituents is 1. The summed E-state index contributed by atoms with van der Waals surface area (Å²) in [7, 11) is 1.43. The molecule has 104 valence electrons. The van der Waals surface area contributed by atoms with Crippen LogP contribution in [0.3, 0.4) is 0 Å². The Balaban J connectivity index is 2.70. The van der Waals surface area contributed by atoms with Crippen LogP contribution < -0.4 is 10.1 Å². The first-order valence-electron chi connectivity index (χ1n) is 5.74. The molecule has 19 heavy (non-hydrogen) atoms. The maximum absolute atomic E-state index is 10.7. The summed E-state index contributed by atoms with van der Waals surface area (Å²) in [5.74, 6) is -0.950. The molecule has 0 bridgehead atoms. The zero-order valence-corrected chi connectivity index (χ0v) is 10.8. The SMILES string of the molecule is COc1cc(NCCC(C)C(=O)O)cc([N+](=O)[O-])c1. The average molecular weight is 268 g/mol. The normalized spacial score (nSPS) is 11.7. The van der Waals surface area contributed by atoms with Crippen molar-refractivity contribution in [2.45, 2.75) is 13.3 Å². The molecule has 1 aromatic rings. The van der Waals surface area contributed by atoms with Gasteiger partial charge in [-0.15, -0.1) is 0 Å². The van der Waals surface area contributed by atoms with Crippen molar-refractivity contribution in [3.8, 4) is 5.75 Å². The fourth-order valence-electron chi connectivity index (χ4n) is 1.47. The van der Waals surface area contributed by atoms with Crippen LogP contribution in [0.25, 0.3) is 0 Å². The van der Waals surface area contributed by atoms with Gasteiger partial charge in [-0.3, -0.25) is 14.9 Å². The molecule has 0 spiro atoms. The molecule has 0 saturated carbocycles. The van der Waals surface area contributed by atoms with Crippen molar-refractivity contribution in [3.05, 3.63) is 28.3 Å². The zero-order chi connectivity index (χ0) is 14.4. The highest BCUT2D eigenvalue weighted by molar-refractivity contribution is 5.69. The fraction of sp³-hybridized carbons (Fsp3) is 0.417. The summed E-state index contributed by atoms with van der Waals surface area (Å²) in [4.78, 5) is 20.9. The molecule has 0 heterocycles. The summed E-state index contributed by atoms with van der Waals surface area (Å²) in [6, 6.07) is 4.33. The van der Waals surface area contributed by atoms with Crippen molar-refractivity contribution in [3.63, 3.8) is 0 Å². The molecule has 7 heteroatoms. The molecular weight excluding hydrogens is 252 g/mol. The molecule has 1 unspecified atom stereocenters. The number of nitrogens with zero attached hydrogens (tertiary/aromatic N) is 1. The Labute approximate surface area is 110 Å². The van der Waals surface area contributed by atoms with Crippen molar-refractivity contribution < 1.29 is 19.6 Å². The average Bonchev–Trinajstić information content (AvgIpc) is 2.37. The minimum Gasteiger partial charge on any atom is -0.496 e. The maximum atomic E-state index is 10.7. The Morgan fingerprint density at radius 1 is 1.53 bits per heavy atom. The smallest absolute Gasteiger partial charge is 0.306 e. The summed E-state index contributed by atoms with van der Waals surface area (Å²) in [5, 5.41) is 22.4. The standard InChI is InChI=1S/C12H16N2O5/c1-8(12(15)16)3-4-13-9-5-10(14(17)18)7-11(6-9)19-2/h5-8,13H,3-4H2,1-2H3,(H,15,16). The molecule has 0 aliphatic rings. The molecule has 0 amide bonds. The van der Waals surface area contributed by atoms with E-state index in [0.29, 0.717) is 24.4 Å². The van der Waals surface area contributed by atoms with Gasteiger partial charge in [-0.25, -0.2) is 0 Å². The lowest BCUT2D eigenvalue weighted by Gasteiger charge is -2.10. The van der Waals surface area contributed by atoms with E-state index in [1.807, 2.05) is 0 Å². The zero-order valence-electron chi connectivity index (χ0n) is 10.8. The first-order valence-corrected chi connectivity index (χ1v) is 5.74. The highest BCUT2D eigenvalue weighted by atomic mass is 16.6. The van der Waals surface area contributed by atoms with Crippen LogP contribution in [0.1, 0.15) is 13.3 Å². The molecule has 0 aliphatic carbocycles. The number of carboxylic acids is 1. The van der Waals surface area contributed by atoms with Gasteiger partial charge in [-0.1, -0.05) is 6.92 Å². The monoisotopic (exact) mass is 268 g/mol. The summed E-state index contributed by atoms with van der Waals surface area (Å²) in [5.41, 5.74) is 0.455. The Morgan fingerprint density at radius 3 is 2.74 bits per heavy atom. The molecule has 0 aromatic heterocycles. The molecule has 1 atom stereocenters. The number of non-ortho nitro benzene ring substituents is 1. The van der Waals surface area contributed by atoms with Crippen molar-refractivity contribution in [2.24, 2.45) is 5.92 Å². The van der Waals surface area contributed by atoms with Crippen LogP contribution in [0, 0.1) is 16.0 Å². The van der Waals surface area contributed by atoms with E-state index < -0.39 is 16.8 Å². The molecule has 0 fully saturated rings. The highest BCUT2D eigenvalue weighted by Gasteiger charge is 2.12. The number of benzene rings is 1. The lowest BCUT2D eigenvalue weighted by atomic mass is 10.1. The van der Waals surface area contributed by atoms with E-state index in [9.17, 15) is 14.9 Å². The molecule has 2 N–H and O–H groups in total. The second kappa shape index (κ2) is 6.58. The number of carboxylic acid groups (broad SMARTS) is 1. The van der Waals surface area contributed by atoms with E-state index in [1.165, 1.54) is 19.2 Å². The molecule has 0 saturated heterocycles. The van der Waals surface area contributed by atoms with Crippen molar-refractivity contribution in [1.29, 1.82) is 0 Å². The van der Waals surface area contributed by atoms with Crippen LogP contribution in [0.15, 0.2) is 18.2 Å². The van der Waals surface area contributed by atoms with E-state index in [0.717, 1.165) is 0 Å². The van der Waals surface area contributed by atoms with Gasteiger partial charge in [0.05, 0.1) is 24.0 Å². The number of ether oxygens (including phenoxy) is 1. The molecule has 0 aliphatic heterocycles. The number of methoxy groups -OCH3 is 1. The maximum Gasteiger partial charge on any atom is 0.306 e. The quantitative estimate of drug-likeness (QED) is 0.580. The van der Waals surface area contributed by atoms with Gasteiger partial charge in [-0.05, 0) is 6.42 Å². The Kier molecular flexibility index (Phi) is 5.11. The Bertz CT molecular complexity index is 475. The predicted octanol–water partition coefficient (Wildman–Crippen LogP) is 2.13. The van der Waals surface area contributed by atoms with Gasteiger partial charge < -0.3 is 15.2 Å². The second-order valence-corrected chi connectivity index (χ2v) is 4.13. The van der Waals surface area contributed by atoms with Gasteiger partial charge in [0.2, 0.25) is 0 Å². The first-order chi connectivity index (χ1) is 8.93. The summed E-state index contributed by atoms with van der Waals surface area (Å²) in [6.45, 7) is 2.02. The highest BCUT2D eigenvalue weighted by Crippen LogP contribution is 2.25. The number of aliphatic carboxylic acids is 1. The third kappa shape index (κ3) is 4.46. The fourth-order valence-corrected chi connectivity index (χ4v) is 1.47. The van der Waals surface area contributed by atoms with E-state index in [1.54, 1.807) is 13.0 Å².